The highest BCUT2D eigenvalue weighted by atomic mass is 16.5. The van der Waals surface area contributed by atoms with Crippen molar-refractivity contribution in [2.24, 2.45) is 5.92 Å². The molecule has 3 nitrogen and oxygen atoms in total. The lowest BCUT2D eigenvalue weighted by Crippen LogP contribution is -2.47. The average molecular weight is 184 g/mol. The van der Waals surface area contributed by atoms with Gasteiger partial charge in [0.2, 0.25) is 0 Å². The molecule has 1 rings (SSSR count). The monoisotopic (exact) mass is 184 g/mol. The van der Waals surface area contributed by atoms with Crippen LogP contribution in [0.5, 0.6) is 0 Å². The first-order valence-corrected chi connectivity index (χ1v) is 4.67. The van der Waals surface area contributed by atoms with Crippen molar-refractivity contribution in [1.82, 2.24) is 5.06 Å². The number of nitrogens with zero attached hydrogens (tertiary/aromatic N) is 1. The highest BCUT2D eigenvalue weighted by Gasteiger charge is 2.53. The van der Waals surface area contributed by atoms with Gasteiger partial charge in [-0.3, -0.25) is 4.79 Å². The molecule has 0 amide bonds. The van der Waals surface area contributed by atoms with E-state index in [4.69, 9.17) is 0 Å². The highest BCUT2D eigenvalue weighted by molar-refractivity contribution is 5.80. The van der Waals surface area contributed by atoms with Gasteiger partial charge in [0.15, 0.2) is 0 Å². The Bertz CT molecular complexity index is 233. The first-order valence-electron chi connectivity index (χ1n) is 4.67. The Kier molecular flexibility index (Phi) is 2.29. The molecule has 1 unspecified atom stereocenters. The van der Waals surface area contributed by atoms with E-state index in [1.54, 1.807) is 6.92 Å². The predicted molar refractivity (Wildman–Crippen MR) is 49.5 cm³/mol. The fourth-order valence-corrected chi connectivity index (χ4v) is 2.39. The average Bonchev–Trinajstić information content (AvgIpc) is 2.11. The number of carbonyl (C=O) groups is 1. The molecule has 0 aromatic rings. The van der Waals surface area contributed by atoms with Gasteiger partial charge < -0.3 is 0 Å². The zero-order valence-electron chi connectivity index (χ0n) is 9.05. The second-order valence-corrected chi connectivity index (χ2v) is 5.13. The van der Waals surface area contributed by atoms with E-state index < -0.39 is 11.1 Å². The second-order valence-electron chi connectivity index (χ2n) is 5.13. The minimum absolute atomic E-state index is 0.122. The Hall–Kier alpha value is -0.410. The molecule has 1 saturated heterocycles. The molecule has 0 aromatic carbocycles. The van der Waals surface area contributed by atoms with Crippen LogP contribution >= 0.6 is 0 Å². The summed E-state index contributed by atoms with van der Waals surface area (Å²) in [5, 5.41) is 12.9. The van der Waals surface area contributed by atoms with Gasteiger partial charge in [-0.1, -0.05) is 0 Å². The molecule has 0 saturated carbocycles. The Balaban J connectivity index is 3.00. The van der Waals surface area contributed by atoms with Gasteiger partial charge >= 0.3 is 0 Å². The lowest BCUT2D eigenvalue weighted by molar-refractivity contribution is -0.247. The van der Waals surface area contributed by atoms with E-state index in [1.165, 1.54) is 0 Å². The molecule has 1 aliphatic heterocycles. The van der Waals surface area contributed by atoms with Crippen LogP contribution in [0.1, 0.15) is 41.0 Å². The van der Waals surface area contributed by atoms with Crippen LogP contribution in [0.3, 0.4) is 0 Å². The highest BCUT2D eigenvalue weighted by Crippen LogP contribution is 2.43. The van der Waals surface area contributed by atoms with E-state index in [0.29, 0.717) is 6.42 Å². The van der Waals surface area contributed by atoms with Crippen molar-refractivity contribution in [1.29, 1.82) is 0 Å². The molecule has 1 aliphatic rings. The maximum Gasteiger partial charge on any atom is 0.134 e. The minimum atomic E-state index is -0.546. The standard InChI is InChI=1S/C10H18NO2/c1-7(12)8-6-9(2,3)11(13)10(8,4)5/h8H,6H2,1-5H3. The van der Waals surface area contributed by atoms with Crippen LogP contribution in [0.15, 0.2) is 0 Å². The zero-order chi connectivity index (χ0) is 10.4. The third-order valence-electron chi connectivity index (χ3n) is 3.12. The van der Waals surface area contributed by atoms with E-state index in [9.17, 15) is 10.0 Å². The molecule has 3 heteroatoms. The van der Waals surface area contributed by atoms with Crippen molar-refractivity contribution in [3.8, 4) is 0 Å². The van der Waals surface area contributed by atoms with Gasteiger partial charge in [-0.05, 0) is 41.0 Å². The molecule has 1 heterocycles. The van der Waals surface area contributed by atoms with Gasteiger partial charge in [0, 0.05) is 11.5 Å². The van der Waals surface area contributed by atoms with Gasteiger partial charge in [0.25, 0.3) is 0 Å². The van der Waals surface area contributed by atoms with Crippen LogP contribution in [0.2, 0.25) is 0 Å². The topological polar surface area (TPSA) is 40.2 Å². The van der Waals surface area contributed by atoms with Crippen molar-refractivity contribution in [3.05, 3.63) is 0 Å². The number of rotatable bonds is 1. The second kappa shape index (κ2) is 2.79. The van der Waals surface area contributed by atoms with E-state index in [1.807, 2.05) is 27.7 Å². The summed E-state index contributed by atoms with van der Waals surface area (Å²) in [4.78, 5) is 11.3. The van der Waals surface area contributed by atoms with Crippen LogP contribution < -0.4 is 0 Å². The van der Waals surface area contributed by atoms with E-state index in [-0.39, 0.29) is 11.7 Å². The van der Waals surface area contributed by atoms with Gasteiger partial charge in [0.1, 0.15) is 5.78 Å². The van der Waals surface area contributed by atoms with Crippen molar-refractivity contribution in [2.75, 3.05) is 0 Å². The number of Topliss-reactive ketones (excluding diaryl/α,β-unsaturated/α-hetero) is 1. The number of hydrogen-bond donors (Lipinski definition) is 0. The van der Waals surface area contributed by atoms with Crippen LogP contribution in [0, 0.1) is 5.92 Å². The minimum Gasteiger partial charge on any atom is -0.300 e. The summed E-state index contributed by atoms with van der Waals surface area (Å²) in [5.41, 5.74) is -0.949. The molecule has 75 valence electrons. The van der Waals surface area contributed by atoms with Crippen molar-refractivity contribution in [3.63, 3.8) is 0 Å². The molecule has 0 spiro atoms. The third kappa shape index (κ3) is 1.51. The number of hydroxylamine groups is 2. The summed E-state index contributed by atoms with van der Waals surface area (Å²) in [5.74, 6) is -0.00331. The largest absolute Gasteiger partial charge is 0.300 e. The van der Waals surface area contributed by atoms with Crippen molar-refractivity contribution >= 4 is 5.78 Å². The summed E-state index contributed by atoms with van der Waals surface area (Å²) >= 11 is 0. The Labute approximate surface area is 79.7 Å². The zero-order valence-corrected chi connectivity index (χ0v) is 9.05. The molecule has 13 heavy (non-hydrogen) atoms. The lowest BCUT2D eigenvalue weighted by Gasteiger charge is -2.33. The molecule has 1 fully saturated rings. The molecule has 0 bridgehead atoms. The molecule has 0 N–H and O–H groups in total. The summed E-state index contributed by atoms with van der Waals surface area (Å²) < 4.78 is 0. The van der Waals surface area contributed by atoms with Gasteiger partial charge in [-0.25, -0.2) is 0 Å². The molecule has 0 aliphatic carbocycles. The molecule has 0 aromatic heterocycles. The normalized spacial score (nSPS) is 32.0. The predicted octanol–water partition coefficient (Wildman–Crippen LogP) is 1.80. The number of ketones is 1. The van der Waals surface area contributed by atoms with Gasteiger partial charge in [0.05, 0.1) is 5.54 Å². The van der Waals surface area contributed by atoms with Gasteiger partial charge in [-0.15, -0.1) is 10.3 Å². The first kappa shape index (κ1) is 10.7. The molecule has 1 radical (unpaired) electrons. The summed E-state index contributed by atoms with van der Waals surface area (Å²) in [6.07, 6.45) is 0.666. The van der Waals surface area contributed by atoms with E-state index in [2.05, 4.69) is 0 Å². The quantitative estimate of drug-likeness (QED) is 0.623. The third-order valence-corrected chi connectivity index (χ3v) is 3.12. The fourth-order valence-electron chi connectivity index (χ4n) is 2.39. The van der Waals surface area contributed by atoms with Crippen LogP contribution in [-0.4, -0.2) is 21.9 Å². The Morgan fingerprint density at radius 2 is 1.77 bits per heavy atom. The van der Waals surface area contributed by atoms with E-state index in [0.717, 1.165) is 5.06 Å². The van der Waals surface area contributed by atoms with Gasteiger partial charge in [-0.2, -0.15) is 0 Å². The fraction of sp³-hybridized carbons (Fsp3) is 0.900. The maximum atomic E-state index is 11.8. The maximum absolute atomic E-state index is 11.8. The first-order chi connectivity index (χ1) is 5.69. The summed E-state index contributed by atoms with van der Waals surface area (Å²) in [7, 11) is 0. The van der Waals surface area contributed by atoms with Crippen LogP contribution in [0.25, 0.3) is 0 Å². The molecular formula is C10H18NO2. The summed E-state index contributed by atoms with van der Waals surface area (Å²) in [6, 6.07) is 0. The summed E-state index contributed by atoms with van der Waals surface area (Å²) in [6.45, 7) is 9.05. The van der Waals surface area contributed by atoms with Crippen molar-refractivity contribution < 1.29 is 10.0 Å². The van der Waals surface area contributed by atoms with Crippen LogP contribution in [0.4, 0.5) is 0 Å². The molecular weight excluding hydrogens is 166 g/mol. The van der Waals surface area contributed by atoms with Crippen LogP contribution in [-0.2, 0) is 10.0 Å². The number of carbonyl (C=O) groups excluding carboxylic acids is 1. The van der Waals surface area contributed by atoms with Crippen molar-refractivity contribution in [2.45, 2.75) is 52.1 Å². The Morgan fingerprint density at radius 1 is 1.31 bits per heavy atom. The SMILES string of the molecule is CC(=O)C1CC(C)(C)N([O])C1(C)C. The smallest absolute Gasteiger partial charge is 0.134 e. The lowest BCUT2D eigenvalue weighted by atomic mass is 9.84. The number of hydrogen-bond acceptors (Lipinski definition) is 2. The molecule has 1 atom stereocenters. The Morgan fingerprint density at radius 3 is 1.92 bits per heavy atom. The van der Waals surface area contributed by atoms with E-state index >= 15 is 0 Å².